The fraction of sp³-hybridized carbons (Fsp3) is 0.389. The minimum atomic E-state index is -0.244. The van der Waals surface area contributed by atoms with Gasteiger partial charge in [0, 0.05) is 32.0 Å². The Bertz CT molecular complexity index is 707. The van der Waals surface area contributed by atoms with Gasteiger partial charge in [0.15, 0.2) is 0 Å². The average Bonchev–Trinajstić information content (AvgIpc) is 2.63. The highest BCUT2D eigenvalue weighted by atomic mass is 19.1. The molecule has 1 unspecified atom stereocenters. The summed E-state index contributed by atoms with van der Waals surface area (Å²) in [6.45, 7) is 3.53. The number of hydrogen-bond donors (Lipinski definition) is 1. The van der Waals surface area contributed by atoms with Crippen molar-refractivity contribution in [1.82, 2.24) is 15.3 Å². The van der Waals surface area contributed by atoms with Gasteiger partial charge in [0.2, 0.25) is 11.9 Å². The van der Waals surface area contributed by atoms with Gasteiger partial charge in [-0.3, -0.25) is 4.79 Å². The third-order valence-electron chi connectivity index (χ3n) is 4.33. The third kappa shape index (κ3) is 3.88. The number of piperidine rings is 1. The van der Waals surface area contributed by atoms with Crippen molar-refractivity contribution in [2.75, 3.05) is 18.0 Å². The molecule has 0 saturated carbocycles. The van der Waals surface area contributed by atoms with E-state index in [1.807, 2.05) is 11.0 Å². The van der Waals surface area contributed by atoms with E-state index in [1.165, 1.54) is 6.07 Å². The zero-order valence-corrected chi connectivity index (χ0v) is 13.7. The van der Waals surface area contributed by atoms with E-state index < -0.39 is 0 Å². The Hall–Kier alpha value is -2.50. The zero-order valence-electron chi connectivity index (χ0n) is 13.7. The van der Waals surface area contributed by atoms with Gasteiger partial charge < -0.3 is 10.2 Å². The standard InChI is InChI=1S/C18H21FN4O/c1-13-5-6-14(10-16(13)19)11-22-17(24)15-4-2-9-23(12-15)18-20-7-3-8-21-18/h3,5-8,10,15H,2,4,9,11-12H2,1H3,(H,22,24). The first-order valence-corrected chi connectivity index (χ1v) is 8.18. The van der Waals surface area contributed by atoms with E-state index in [4.69, 9.17) is 0 Å². The molecule has 1 amide bonds. The van der Waals surface area contributed by atoms with Crippen LogP contribution in [0.4, 0.5) is 10.3 Å². The Balaban J connectivity index is 1.57. The van der Waals surface area contributed by atoms with E-state index in [0.717, 1.165) is 24.9 Å². The van der Waals surface area contributed by atoms with Crippen molar-refractivity contribution in [3.05, 3.63) is 53.6 Å². The summed E-state index contributed by atoms with van der Waals surface area (Å²) in [5.74, 6) is 0.317. The summed E-state index contributed by atoms with van der Waals surface area (Å²) in [6, 6.07) is 6.81. The molecule has 1 N–H and O–H groups in total. The second kappa shape index (κ2) is 7.38. The van der Waals surface area contributed by atoms with E-state index in [9.17, 15) is 9.18 Å². The van der Waals surface area contributed by atoms with Gasteiger partial charge in [0.05, 0.1) is 5.92 Å². The van der Waals surface area contributed by atoms with Gasteiger partial charge in [-0.25, -0.2) is 14.4 Å². The number of carbonyl (C=O) groups excluding carboxylic acids is 1. The molecule has 1 aromatic heterocycles. The number of nitrogens with one attached hydrogen (secondary N) is 1. The topological polar surface area (TPSA) is 58.1 Å². The SMILES string of the molecule is Cc1ccc(CNC(=O)C2CCCN(c3ncccn3)C2)cc1F. The number of carbonyl (C=O) groups is 1. The molecule has 1 aromatic carbocycles. The van der Waals surface area contributed by atoms with Crippen molar-refractivity contribution < 1.29 is 9.18 Å². The van der Waals surface area contributed by atoms with Gasteiger partial charge in [-0.15, -0.1) is 0 Å². The van der Waals surface area contributed by atoms with Crippen LogP contribution in [0.25, 0.3) is 0 Å². The van der Waals surface area contributed by atoms with E-state index in [2.05, 4.69) is 15.3 Å². The molecule has 1 aliphatic rings. The van der Waals surface area contributed by atoms with Crippen molar-refractivity contribution in [2.24, 2.45) is 5.92 Å². The van der Waals surface area contributed by atoms with Crippen LogP contribution in [0, 0.1) is 18.7 Å². The minimum Gasteiger partial charge on any atom is -0.352 e. The molecule has 1 atom stereocenters. The van der Waals surface area contributed by atoms with Gasteiger partial charge in [-0.1, -0.05) is 12.1 Å². The number of benzene rings is 1. The molecule has 1 aliphatic heterocycles. The maximum Gasteiger partial charge on any atom is 0.225 e. The van der Waals surface area contributed by atoms with Crippen LogP contribution >= 0.6 is 0 Å². The largest absolute Gasteiger partial charge is 0.352 e. The lowest BCUT2D eigenvalue weighted by molar-refractivity contribution is -0.125. The summed E-state index contributed by atoms with van der Waals surface area (Å²) in [4.78, 5) is 23.0. The van der Waals surface area contributed by atoms with Crippen molar-refractivity contribution in [3.63, 3.8) is 0 Å². The number of halogens is 1. The molecule has 126 valence electrons. The first-order chi connectivity index (χ1) is 11.6. The molecular weight excluding hydrogens is 307 g/mol. The molecule has 0 bridgehead atoms. The van der Waals surface area contributed by atoms with Crippen LogP contribution in [-0.2, 0) is 11.3 Å². The second-order valence-electron chi connectivity index (χ2n) is 6.14. The monoisotopic (exact) mass is 328 g/mol. The molecule has 1 fully saturated rings. The van der Waals surface area contributed by atoms with Crippen molar-refractivity contribution in [2.45, 2.75) is 26.3 Å². The van der Waals surface area contributed by atoms with Gasteiger partial charge >= 0.3 is 0 Å². The van der Waals surface area contributed by atoms with Crippen molar-refractivity contribution in [3.8, 4) is 0 Å². The van der Waals surface area contributed by atoms with Crippen molar-refractivity contribution >= 4 is 11.9 Å². The number of amides is 1. The predicted octanol–water partition coefficient (Wildman–Crippen LogP) is 2.46. The van der Waals surface area contributed by atoms with E-state index in [-0.39, 0.29) is 17.6 Å². The molecule has 1 saturated heterocycles. The van der Waals surface area contributed by atoms with Crippen LogP contribution in [0.1, 0.15) is 24.0 Å². The number of aryl methyl sites for hydroxylation is 1. The normalized spacial score (nSPS) is 17.6. The number of rotatable bonds is 4. The molecule has 24 heavy (non-hydrogen) atoms. The fourth-order valence-corrected chi connectivity index (χ4v) is 2.91. The van der Waals surface area contributed by atoms with E-state index in [0.29, 0.717) is 24.6 Å². The van der Waals surface area contributed by atoms with Gasteiger partial charge in [0.1, 0.15) is 5.82 Å². The Morgan fingerprint density at radius 3 is 2.92 bits per heavy atom. The van der Waals surface area contributed by atoms with E-state index >= 15 is 0 Å². The molecule has 0 spiro atoms. The maximum atomic E-state index is 13.6. The van der Waals surface area contributed by atoms with Crippen LogP contribution in [0.3, 0.4) is 0 Å². The second-order valence-corrected chi connectivity index (χ2v) is 6.14. The first-order valence-electron chi connectivity index (χ1n) is 8.18. The van der Waals surface area contributed by atoms with Crippen LogP contribution in [0.15, 0.2) is 36.7 Å². The zero-order chi connectivity index (χ0) is 16.9. The number of hydrogen-bond acceptors (Lipinski definition) is 4. The summed E-state index contributed by atoms with van der Waals surface area (Å²) < 4.78 is 13.6. The third-order valence-corrected chi connectivity index (χ3v) is 4.33. The van der Waals surface area contributed by atoms with Crippen LogP contribution in [0.5, 0.6) is 0 Å². The van der Waals surface area contributed by atoms with Gasteiger partial charge in [-0.05, 0) is 43.0 Å². The van der Waals surface area contributed by atoms with Crippen molar-refractivity contribution in [1.29, 1.82) is 0 Å². The smallest absolute Gasteiger partial charge is 0.225 e. The summed E-state index contributed by atoms with van der Waals surface area (Å²) in [5.41, 5.74) is 1.38. The summed E-state index contributed by atoms with van der Waals surface area (Å²) in [7, 11) is 0. The Morgan fingerprint density at radius 1 is 1.38 bits per heavy atom. The molecule has 0 radical (unpaired) electrons. The number of nitrogens with zero attached hydrogens (tertiary/aromatic N) is 3. The molecule has 0 aliphatic carbocycles. The molecule has 2 aromatic rings. The highest BCUT2D eigenvalue weighted by molar-refractivity contribution is 5.79. The van der Waals surface area contributed by atoms with Gasteiger partial charge in [0.25, 0.3) is 0 Å². The lowest BCUT2D eigenvalue weighted by atomic mass is 9.97. The fourth-order valence-electron chi connectivity index (χ4n) is 2.91. The summed E-state index contributed by atoms with van der Waals surface area (Å²) in [6.07, 6.45) is 5.18. The van der Waals surface area contributed by atoms with Crippen LogP contribution in [-0.4, -0.2) is 29.0 Å². The molecular formula is C18H21FN4O. The molecule has 2 heterocycles. The highest BCUT2D eigenvalue weighted by Crippen LogP contribution is 2.20. The van der Waals surface area contributed by atoms with Crippen LogP contribution < -0.4 is 10.2 Å². The van der Waals surface area contributed by atoms with E-state index in [1.54, 1.807) is 31.5 Å². The Kier molecular flexibility index (Phi) is 5.03. The highest BCUT2D eigenvalue weighted by Gasteiger charge is 2.26. The van der Waals surface area contributed by atoms with Crippen LogP contribution in [0.2, 0.25) is 0 Å². The summed E-state index contributed by atoms with van der Waals surface area (Å²) >= 11 is 0. The first kappa shape index (κ1) is 16.4. The lowest BCUT2D eigenvalue weighted by Crippen LogP contribution is -2.43. The maximum absolute atomic E-state index is 13.6. The molecule has 3 rings (SSSR count). The molecule has 5 nitrogen and oxygen atoms in total. The number of anilines is 1. The quantitative estimate of drug-likeness (QED) is 0.937. The van der Waals surface area contributed by atoms with Gasteiger partial charge in [-0.2, -0.15) is 0 Å². The molecule has 6 heteroatoms. The minimum absolute atomic E-state index is 0.00313. The Morgan fingerprint density at radius 2 is 2.17 bits per heavy atom. The lowest BCUT2D eigenvalue weighted by Gasteiger charge is -2.31. The predicted molar refractivity (Wildman–Crippen MR) is 90.0 cm³/mol. The summed E-state index contributed by atoms with van der Waals surface area (Å²) in [5, 5.41) is 2.91. The Labute approximate surface area is 140 Å². The average molecular weight is 328 g/mol. The number of aromatic nitrogens is 2.